The molecule has 5 rings (SSSR count). The minimum atomic E-state index is -0.217. The van der Waals surface area contributed by atoms with E-state index >= 15 is 0 Å². The molecule has 0 radical (unpaired) electrons. The van der Waals surface area contributed by atoms with Gasteiger partial charge in [0.25, 0.3) is 5.89 Å². The lowest BCUT2D eigenvalue weighted by Crippen LogP contribution is -2.35. The van der Waals surface area contributed by atoms with Crippen molar-refractivity contribution in [1.29, 1.82) is 0 Å². The Bertz CT molecular complexity index is 1500. The number of nitrogens with zero attached hydrogens (tertiary/aromatic N) is 4. The van der Waals surface area contributed by atoms with Crippen molar-refractivity contribution in [2.45, 2.75) is 26.4 Å². The lowest BCUT2D eigenvalue weighted by atomic mass is 9.94. The first kappa shape index (κ1) is 25.7. The van der Waals surface area contributed by atoms with Gasteiger partial charge in [-0.1, -0.05) is 47.1 Å². The number of anilines is 1. The molecule has 0 saturated carbocycles. The van der Waals surface area contributed by atoms with Crippen LogP contribution in [-0.2, 0) is 16.1 Å². The standard InChI is InChI=1S/C29H27ClN4O4/c1-18-5-3-4-6-23(18)24-8-7-20(13-22(24)17-37-2)29-32-27(33-38-29)21-14-25(30)28(31-15-21)34-11-9-19(10-12-34)26(36)16-35/h3-8,13-15,19,36H,9-12,17H2,1-2H3. The maximum Gasteiger partial charge on any atom is 0.258 e. The number of pyridine rings is 1. The molecule has 2 aromatic carbocycles. The van der Waals surface area contributed by atoms with Crippen LogP contribution in [-0.4, -0.2) is 46.4 Å². The van der Waals surface area contributed by atoms with Crippen molar-refractivity contribution in [3.05, 3.63) is 76.6 Å². The van der Waals surface area contributed by atoms with E-state index in [1.165, 1.54) is 5.56 Å². The third-order valence-corrected chi connectivity index (χ3v) is 7.16. The van der Waals surface area contributed by atoms with Crippen LogP contribution in [0, 0.1) is 12.8 Å². The Kier molecular flexibility index (Phi) is 7.56. The van der Waals surface area contributed by atoms with E-state index in [0.29, 0.717) is 60.7 Å². The van der Waals surface area contributed by atoms with Crippen LogP contribution in [0.3, 0.4) is 0 Å². The fourth-order valence-corrected chi connectivity index (χ4v) is 5.12. The minimum absolute atomic E-state index is 0.172. The Balaban J connectivity index is 1.37. The largest absolute Gasteiger partial charge is 0.502 e. The summed E-state index contributed by atoms with van der Waals surface area (Å²) in [7, 11) is 1.67. The number of aliphatic hydroxyl groups is 1. The molecule has 0 unspecified atom stereocenters. The number of aryl methyl sites for hydroxylation is 1. The zero-order valence-corrected chi connectivity index (χ0v) is 21.9. The number of methoxy groups -OCH3 is 1. The Morgan fingerprint density at radius 3 is 2.66 bits per heavy atom. The van der Waals surface area contributed by atoms with Crippen LogP contribution in [0.25, 0.3) is 34.0 Å². The van der Waals surface area contributed by atoms with Gasteiger partial charge in [-0.2, -0.15) is 4.98 Å². The molecule has 1 saturated heterocycles. The van der Waals surface area contributed by atoms with Crippen LogP contribution in [0.5, 0.6) is 0 Å². The highest BCUT2D eigenvalue weighted by Crippen LogP contribution is 2.34. The Morgan fingerprint density at radius 1 is 1.16 bits per heavy atom. The molecular formula is C29H27ClN4O4. The Morgan fingerprint density at radius 2 is 1.95 bits per heavy atom. The molecule has 38 heavy (non-hydrogen) atoms. The summed E-state index contributed by atoms with van der Waals surface area (Å²) in [6, 6.07) is 16.0. The molecule has 0 amide bonds. The zero-order valence-electron chi connectivity index (χ0n) is 21.1. The van der Waals surface area contributed by atoms with Gasteiger partial charge < -0.3 is 19.3 Å². The average molecular weight is 531 g/mol. The number of hydrogen-bond donors (Lipinski definition) is 1. The predicted octanol–water partition coefficient (Wildman–Crippen LogP) is 6.06. The average Bonchev–Trinajstić information content (AvgIpc) is 3.44. The summed E-state index contributed by atoms with van der Waals surface area (Å²) < 4.78 is 11.1. The Labute approximate surface area is 225 Å². The van der Waals surface area contributed by atoms with Crippen molar-refractivity contribution < 1.29 is 19.2 Å². The van der Waals surface area contributed by atoms with Crippen LogP contribution in [0.4, 0.5) is 5.82 Å². The first-order chi connectivity index (χ1) is 18.5. The molecule has 0 aliphatic carbocycles. The van der Waals surface area contributed by atoms with Crippen molar-refractivity contribution in [3.63, 3.8) is 0 Å². The number of benzene rings is 2. The number of aromatic nitrogens is 3. The van der Waals surface area contributed by atoms with E-state index in [-0.39, 0.29) is 11.7 Å². The van der Waals surface area contributed by atoms with Gasteiger partial charge in [-0.25, -0.2) is 9.78 Å². The predicted molar refractivity (Wildman–Crippen MR) is 146 cm³/mol. The first-order valence-corrected chi connectivity index (χ1v) is 12.7. The summed E-state index contributed by atoms with van der Waals surface area (Å²) >= 11 is 6.59. The summed E-state index contributed by atoms with van der Waals surface area (Å²) in [6.07, 6.45) is 2.92. The van der Waals surface area contributed by atoms with E-state index in [1.807, 2.05) is 29.2 Å². The highest BCUT2D eigenvalue weighted by atomic mass is 35.5. The number of allylic oxidation sites excluding steroid dienone is 1. The van der Waals surface area contributed by atoms with E-state index in [1.54, 1.807) is 25.3 Å². The summed E-state index contributed by atoms with van der Waals surface area (Å²) in [4.78, 5) is 21.9. The minimum Gasteiger partial charge on any atom is -0.502 e. The van der Waals surface area contributed by atoms with Gasteiger partial charge in [0.2, 0.25) is 5.82 Å². The molecule has 2 aromatic heterocycles. The third kappa shape index (κ3) is 5.20. The van der Waals surface area contributed by atoms with Gasteiger partial charge in [0.1, 0.15) is 5.82 Å². The zero-order chi connectivity index (χ0) is 26.6. The highest BCUT2D eigenvalue weighted by Gasteiger charge is 2.25. The fraction of sp³-hybridized carbons (Fsp3) is 0.276. The molecule has 0 spiro atoms. The topological polar surface area (TPSA) is 102 Å². The second kappa shape index (κ2) is 11.2. The number of ether oxygens (including phenoxy) is 1. The summed E-state index contributed by atoms with van der Waals surface area (Å²) in [5.41, 5.74) is 5.89. The van der Waals surface area contributed by atoms with Crippen LogP contribution in [0.1, 0.15) is 24.0 Å². The Hall–Kier alpha value is -3.97. The molecule has 1 aliphatic heterocycles. The molecule has 4 aromatic rings. The van der Waals surface area contributed by atoms with E-state index in [0.717, 1.165) is 22.3 Å². The van der Waals surface area contributed by atoms with Gasteiger partial charge in [-0.15, -0.1) is 0 Å². The molecule has 0 bridgehead atoms. The molecule has 3 heterocycles. The smallest absolute Gasteiger partial charge is 0.258 e. The van der Waals surface area contributed by atoms with E-state index in [9.17, 15) is 9.90 Å². The number of carbonyl (C=O) groups excluding carboxylic acids is 1. The fourth-order valence-electron chi connectivity index (χ4n) is 4.83. The number of halogens is 1. The monoisotopic (exact) mass is 530 g/mol. The lowest BCUT2D eigenvalue weighted by molar-refractivity contribution is 0.185. The second-order valence-electron chi connectivity index (χ2n) is 9.32. The molecular weight excluding hydrogens is 504 g/mol. The van der Waals surface area contributed by atoms with Crippen molar-refractivity contribution in [2.24, 2.45) is 5.92 Å². The van der Waals surface area contributed by atoms with Crippen molar-refractivity contribution in [2.75, 3.05) is 25.1 Å². The summed E-state index contributed by atoms with van der Waals surface area (Å²) in [6.45, 7) is 3.78. The van der Waals surface area contributed by atoms with E-state index in [2.05, 4.69) is 40.2 Å². The van der Waals surface area contributed by atoms with Crippen LogP contribution >= 0.6 is 11.6 Å². The second-order valence-corrected chi connectivity index (χ2v) is 9.73. The number of aliphatic hydroxyl groups excluding tert-OH is 1. The normalized spacial score (nSPS) is 13.9. The van der Waals surface area contributed by atoms with Gasteiger partial charge >= 0.3 is 0 Å². The number of hydrogen-bond acceptors (Lipinski definition) is 8. The van der Waals surface area contributed by atoms with Crippen molar-refractivity contribution in [3.8, 4) is 34.0 Å². The van der Waals surface area contributed by atoms with Crippen molar-refractivity contribution in [1.82, 2.24) is 15.1 Å². The molecule has 0 atom stereocenters. The SMILES string of the molecule is COCc1cc(-c2nc(-c3cnc(N4CCC(C(O)=C=O)CC4)c(Cl)c3)no2)ccc1-c1ccccc1C. The van der Waals surface area contributed by atoms with Gasteiger partial charge in [0.15, 0.2) is 11.7 Å². The van der Waals surface area contributed by atoms with Crippen LogP contribution < -0.4 is 4.90 Å². The summed E-state index contributed by atoms with van der Waals surface area (Å²) in [5, 5.41) is 14.3. The third-order valence-electron chi connectivity index (χ3n) is 6.88. The molecule has 8 nitrogen and oxygen atoms in total. The molecule has 1 fully saturated rings. The van der Waals surface area contributed by atoms with Gasteiger partial charge in [0.05, 0.1) is 11.6 Å². The molecule has 1 aliphatic rings. The van der Waals surface area contributed by atoms with Gasteiger partial charge in [-0.3, -0.25) is 0 Å². The molecule has 1 N–H and O–H groups in total. The lowest BCUT2D eigenvalue weighted by Gasteiger charge is -2.32. The van der Waals surface area contributed by atoms with Crippen molar-refractivity contribution >= 4 is 23.4 Å². The summed E-state index contributed by atoms with van der Waals surface area (Å²) in [5.74, 6) is 2.62. The van der Waals surface area contributed by atoms with Gasteiger partial charge in [0, 0.05) is 43.4 Å². The maximum absolute atomic E-state index is 10.7. The van der Waals surface area contributed by atoms with E-state index in [4.69, 9.17) is 20.9 Å². The quantitative estimate of drug-likeness (QED) is 0.227. The van der Waals surface area contributed by atoms with Gasteiger partial charge in [-0.05, 0) is 60.2 Å². The highest BCUT2D eigenvalue weighted by molar-refractivity contribution is 6.33. The first-order valence-electron chi connectivity index (χ1n) is 12.3. The van der Waals surface area contributed by atoms with Crippen LogP contribution in [0.15, 0.2) is 65.0 Å². The number of rotatable bonds is 7. The maximum atomic E-state index is 10.7. The number of piperidine rings is 1. The molecule has 9 heteroatoms. The van der Waals surface area contributed by atoms with Crippen LogP contribution in [0.2, 0.25) is 5.02 Å². The van der Waals surface area contributed by atoms with E-state index < -0.39 is 0 Å². The molecule has 194 valence electrons.